The van der Waals surface area contributed by atoms with Gasteiger partial charge in [0.05, 0.1) is 18.2 Å². The maximum Gasteiger partial charge on any atom is 0.371 e. The van der Waals surface area contributed by atoms with Crippen LogP contribution in [0.25, 0.3) is 0 Å². The van der Waals surface area contributed by atoms with Gasteiger partial charge in [-0.3, -0.25) is 0 Å². The first-order valence-corrected chi connectivity index (χ1v) is 6.25. The SMILES string of the molecule is CCOc1cc(C#N)ccc1OCc1ccc(C(=O)O)o1. The molecule has 0 radical (unpaired) electrons. The Bertz CT molecular complexity index is 684. The highest BCUT2D eigenvalue weighted by Crippen LogP contribution is 2.29. The van der Waals surface area contributed by atoms with E-state index < -0.39 is 5.97 Å². The normalized spacial score (nSPS) is 9.90. The second-order valence-electron chi connectivity index (χ2n) is 4.07. The molecular weight excluding hydrogens is 274 g/mol. The summed E-state index contributed by atoms with van der Waals surface area (Å²) in [5.41, 5.74) is 0.469. The number of ether oxygens (including phenoxy) is 2. The molecule has 0 amide bonds. The summed E-state index contributed by atoms with van der Waals surface area (Å²) in [6.07, 6.45) is 0. The van der Waals surface area contributed by atoms with E-state index in [-0.39, 0.29) is 12.4 Å². The Morgan fingerprint density at radius 3 is 2.71 bits per heavy atom. The van der Waals surface area contributed by atoms with Crippen molar-refractivity contribution in [3.63, 3.8) is 0 Å². The van der Waals surface area contributed by atoms with Crippen LogP contribution < -0.4 is 9.47 Å². The molecule has 21 heavy (non-hydrogen) atoms. The van der Waals surface area contributed by atoms with Gasteiger partial charge in [0, 0.05) is 6.07 Å². The monoisotopic (exact) mass is 287 g/mol. The van der Waals surface area contributed by atoms with Gasteiger partial charge in [-0.1, -0.05) is 0 Å². The van der Waals surface area contributed by atoms with E-state index in [0.717, 1.165) is 0 Å². The van der Waals surface area contributed by atoms with E-state index in [0.29, 0.717) is 29.4 Å². The molecule has 2 aromatic rings. The molecule has 0 saturated carbocycles. The van der Waals surface area contributed by atoms with Crippen molar-refractivity contribution in [3.05, 3.63) is 47.4 Å². The van der Waals surface area contributed by atoms with E-state index in [1.807, 2.05) is 13.0 Å². The number of nitrogens with zero attached hydrogens (tertiary/aromatic N) is 1. The number of hydrogen-bond donors (Lipinski definition) is 1. The Balaban J connectivity index is 2.11. The van der Waals surface area contributed by atoms with Crippen LogP contribution in [0.15, 0.2) is 34.7 Å². The lowest BCUT2D eigenvalue weighted by atomic mass is 10.2. The molecule has 0 aliphatic heterocycles. The van der Waals surface area contributed by atoms with E-state index in [1.54, 1.807) is 18.2 Å². The van der Waals surface area contributed by atoms with Gasteiger partial charge in [0.15, 0.2) is 11.5 Å². The summed E-state index contributed by atoms with van der Waals surface area (Å²) in [5, 5.41) is 17.6. The first-order valence-electron chi connectivity index (χ1n) is 6.25. The Morgan fingerprint density at radius 2 is 2.10 bits per heavy atom. The van der Waals surface area contributed by atoms with Crippen LogP contribution in [-0.4, -0.2) is 17.7 Å². The summed E-state index contributed by atoms with van der Waals surface area (Å²) in [6, 6.07) is 9.75. The van der Waals surface area contributed by atoms with Crippen LogP contribution in [0.3, 0.4) is 0 Å². The molecule has 2 rings (SSSR count). The van der Waals surface area contributed by atoms with Gasteiger partial charge in [0.25, 0.3) is 0 Å². The third-order valence-electron chi connectivity index (χ3n) is 2.62. The van der Waals surface area contributed by atoms with Gasteiger partial charge in [0.1, 0.15) is 12.4 Å². The zero-order chi connectivity index (χ0) is 15.2. The van der Waals surface area contributed by atoms with E-state index in [1.165, 1.54) is 12.1 Å². The average Bonchev–Trinajstić information content (AvgIpc) is 2.95. The fourth-order valence-corrected chi connectivity index (χ4v) is 1.68. The summed E-state index contributed by atoms with van der Waals surface area (Å²) >= 11 is 0. The van der Waals surface area contributed by atoms with Crippen molar-refractivity contribution >= 4 is 5.97 Å². The van der Waals surface area contributed by atoms with Crippen molar-refractivity contribution in [2.45, 2.75) is 13.5 Å². The number of rotatable bonds is 6. The van der Waals surface area contributed by atoms with Crippen LogP contribution >= 0.6 is 0 Å². The van der Waals surface area contributed by atoms with E-state index in [4.69, 9.17) is 24.3 Å². The number of benzene rings is 1. The molecule has 0 aliphatic rings. The highest BCUT2D eigenvalue weighted by atomic mass is 16.5. The van der Waals surface area contributed by atoms with Crippen LogP contribution in [0.2, 0.25) is 0 Å². The fourth-order valence-electron chi connectivity index (χ4n) is 1.68. The minimum absolute atomic E-state index is 0.0687. The summed E-state index contributed by atoms with van der Waals surface area (Å²) in [7, 11) is 0. The van der Waals surface area contributed by atoms with E-state index in [2.05, 4.69) is 0 Å². The maximum atomic E-state index is 10.7. The maximum absolute atomic E-state index is 10.7. The number of furan rings is 1. The Hall–Kier alpha value is -2.94. The smallest absolute Gasteiger partial charge is 0.371 e. The lowest BCUT2D eigenvalue weighted by Gasteiger charge is -2.11. The molecule has 0 fully saturated rings. The van der Waals surface area contributed by atoms with Crippen molar-refractivity contribution in [1.82, 2.24) is 0 Å². The number of hydrogen-bond acceptors (Lipinski definition) is 5. The molecule has 6 heteroatoms. The topological polar surface area (TPSA) is 92.7 Å². The molecule has 0 spiro atoms. The van der Waals surface area contributed by atoms with Crippen LogP contribution in [0.4, 0.5) is 0 Å². The van der Waals surface area contributed by atoms with Gasteiger partial charge in [-0.05, 0) is 31.2 Å². The third-order valence-corrected chi connectivity index (χ3v) is 2.62. The predicted molar refractivity (Wildman–Crippen MR) is 72.3 cm³/mol. The fraction of sp³-hybridized carbons (Fsp3) is 0.200. The Kier molecular flexibility index (Phi) is 4.46. The van der Waals surface area contributed by atoms with Crippen molar-refractivity contribution in [3.8, 4) is 17.6 Å². The largest absolute Gasteiger partial charge is 0.490 e. The molecule has 1 heterocycles. The summed E-state index contributed by atoms with van der Waals surface area (Å²) in [5.74, 6) is 0.0398. The summed E-state index contributed by atoms with van der Waals surface area (Å²) in [6.45, 7) is 2.34. The minimum Gasteiger partial charge on any atom is -0.490 e. The molecule has 0 saturated heterocycles. The van der Waals surface area contributed by atoms with E-state index in [9.17, 15) is 4.79 Å². The molecule has 108 valence electrons. The summed E-state index contributed by atoms with van der Waals surface area (Å²) < 4.78 is 16.1. The molecule has 1 aromatic carbocycles. The second-order valence-corrected chi connectivity index (χ2v) is 4.07. The highest BCUT2D eigenvalue weighted by Gasteiger charge is 2.11. The standard InChI is InChI=1S/C15H13NO5/c1-2-19-14-7-10(8-16)3-5-12(14)20-9-11-4-6-13(21-11)15(17)18/h3-7H,2,9H2,1H3,(H,17,18). The minimum atomic E-state index is -1.13. The molecule has 0 aliphatic carbocycles. The van der Waals surface area contributed by atoms with E-state index >= 15 is 0 Å². The second kappa shape index (κ2) is 6.48. The molecule has 1 N–H and O–H groups in total. The quantitative estimate of drug-likeness (QED) is 0.878. The zero-order valence-electron chi connectivity index (χ0n) is 11.3. The third kappa shape index (κ3) is 3.54. The lowest BCUT2D eigenvalue weighted by molar-refractivity contribution is 0.0658. The molecule has 6 nitrogen and oxygen atoms in total. The first kappa shape index (κ1) is 14.5. The van der Waals surface area contributed by atoms with Gasteiger partial charge in [-0.15, -0.1) is 0 Å². The number of aromatic carboxylic acids is 1. The van der Waals surface area contributed by atoms with Gasteiger partial charge in [-0.2, -0.15) is 5.26 Å². The van der Waals surface area contributed by atoms with Crippen molar-refractivity contribution in [1.29, 1.82) is 5.26 Å². The average molecular weight is 287 g/mol. The number of carboxylic acids is 1. The Labute approximate surface area is 121 Å². The molecular formula is C15H13NO5. The van der Waals surface area contributed by atoms with Gasteiger partial charge in [0.2, 0.25) is 5.76 Å². The first-order chi connectivity index (χ1) is 10.1. The number of nitriles is 1. The van der Waals surface area contributed by atoms with Crippen LogP contribution in [0.5, 0.6) is 11.5 Å². The van der Waals surface area contributed by atoms with Crippen LogP contribution in [0.1, 0.15) is 28.8 Å². The molecule has 0 unspecified atom stereocenters. The van der Waals surface area contributed by atoms with Crippen LogP contribution in [0, 0.1) is 11.3 Å². The van der Waals surface area contributed by atoms with Crippen molar-refractivity contribution in [2.75, 3.05) is 6.61 Å². The lowest BCUT2D eigenvalue weighted by Crippen LogP contribution is -1.99. The van der Waals surface area contributed by atoms with Crippen LogP contribution in [-0.2, 0) is 6.61 Å². The van der Waals surface area contributed by atoms with Gasteiger partial charge >= 0.3 is 5.97 Å². The highest BCUT2D eigenvalue weighted by molar-refractivity contribution is 5.84. The molecule has 0 atom stereocenters. The van der Waals surface area contributed by atoms with Crippen molar-refractivity contribution in [2.24, 2.45) is 0 Å². The predicted octanol–water partition coefficient (Wildman–Crippen LogP) is 2.83. The molecule has 1 aromatic heterocycles. The van der Waals surface area contributed by atoms with Gasteiger partial charge < -0.3 is 19.0 Å². The summed E-state index contributed by atoms with van der Waals surface area (Å²) in [4.78, 5) is 10.7. The Morgan fingerprint density at radius 1 is 1.29 bits per heavy atom. The van der Waals surface area contributed by atoms with Gasteiger partial charge in [-0.25, -0.2) is 4.79 Å². The molecule has 0 bridgehead atoms. The number of carbonyl (C=O) groups is 1. The zero-order valence-corrected chi connectivity index (χ0v) is 11.3. The number of carboxylic acid groups (broad SMARTS) is 1. The van der Waals surface area contributed by atoms with Crippen molar-refractivity contribution < 1.29 is 23.8 Å².